The van der Waals surface area contributed by atoms with Crippen LogP contribution in [-0.4, -0.2) is 274 Å². The molecule has 0 spiro atoms. The van der Waals surface area contributed by atoms with E-state index in [2.05, 4.69) is 40.7 Å². The summed E-state index contributed by atoms with van der Waals surface area (Å²) in [5.41, 5.74) is -3.11. The molecule has 0 bridgehead atoms. The van der Waals surface area contributed by atoms with Crippen molar-refractivity contribution in [2.24, 2.45) is 50.2 Å². The van der Waals surface area contributed by atoms with E-state index in [1.54, 1.807) is 0 Å². The summed E-state index contributed by atoms with van der Waals surface area (Å²) in [7, 11) is 0. The highest BCUT2D eigenvalue weighted by atomic mass is 16.8. The molecule has 9 fully saturated rings. The van der Waals surface area contributed by atoms with Crippen LogP contribution >= 0.6 is 0 Å². The number of fused-ring (bicyclic) bond motifs is 7. The second-order valence-corrected chi connectivity index (χ2v) is 28.3. The first-order chi connectivity index (χ1) is 40.2. The van der Waals surface area contributed by atoms with Crippen LogP contribution in [0.5, 0.6) is 0 Å². The Kier molecular flexibility index (Phi) is 18.8. The number of hydrogen-bond acceptors (Lipinski definition) is 27. The summed E-state index contributed by atoms with van der Waals surface area (Å²) in [5, 5.41) is 174. The first-order valence-corrected chi connectivity index (χ1v) is 30.2. The minimum Gasteiger partial charge on any atom is -0.479 e. The van der Waals surface area contributed by atoms with Crippen LogP contribution in [0.3, 0.4) is 0 Å². The number of carbonyl (C=O) groups is 2. The molecule has 28 nitrogen and oxygen atoms in total. The number of hydrogen-bond donors (Lipinski definition) is 16. The zero-order valence-electron chi connectivity index (χ0n) is 49.5. The van der Waals surface area contributed by atoms with Gasteiger partial charge in [-0.05, 0) is 103 Å². The van der Waals surface area contributed by atoms with Crippen molar-refractivity contribution in [1.29, 1.82) is 0 Å². The predicted molar refractivity (Wildman–Crippen MR) is 285 cm³/mol. The van der Waals surface area contributed by atoms with Gasteiger partial charge in [-0.25, -0.2) is 4.79 Å². The molecule has 5 saturated heterocycles. The zero-order chi connectivity index (χ0) is 62.9. The van der Waals surface area contributed by atoms with Gasteiger partial charge in [0.05, 0.1) is 38.6 Å². The van der Waals surface area contributed by atoms with E-state index in [9.17, 15) is 91.3 Å². The van der Waals surface area contributed by atoms with Crippen LogP contribution in [0.1, 0.15) is 106 Å². The Balaban J connectivity index is 0.947. The number of rotatable bonds is 13. The van der Waals surface area contributed by atoms with E-state index >= 15 is 0 Å². The van der Waals surface area contributed by atoms with Crippen LogP contribution in [0, 0.1) is 50.2 Å². The Morgan fingerprint density at radius 3 is 1.74 bits per heavy atom. The second-order valence-electron chi connectivity index (χ2n) is 28.3. The van der Waals surface area contributed by atoms with Gasteiger partial charge < -0.3 is 129 Å². The van der Waals surface area contributed by atoms with Gasteiger partial charge in [-0.15, -0.1) is 0 Å². The molecule has 86 heavy (non-hydrogen) atoms. The molecule has 28 heteroatoms. The molecular weight excluding hydrogens is 1140 g/mol. The lowest BCUT2D eigenvalue weighted by Crippen LogP contribution is -2.69. The summed E-state index contributed by atoms with van der Waals surface area (Å²) < 4.78 is 60.1. The standard InChI is InChI=1S/C58H92O28/c1-53(2)14-15-58(52(76)86-49-40(72)37(69)35(67)27(19-60)80-49)23(16-53)22-8-9-29-55(5)12-11-31(54(3,4)28(55)10-13-56(29,6)57(22,7)17-30(58)63)81-51-45(85-48-39(71)36(68)34(66)26(18-59)79-48)42(41(73)43(83-51)46(74)75)82-50-44(33(65)25(62)21-78-50)84-47-38(70)32(64)24(61)20-77-47/h8,23-45,47-51,59-73H,9-21H2,1-7H3,(H,74,75)/t23-,24+,25-,26+,27+,28-,29+,30+,31-,32-,33-,34+,35+,36-,37-,38-,39+,40+,41-,42-,43-,44+,45+,47-,48-,49-,50-,51+,55-,56+,57+,58+/m0/s1. The maximum atomic E-state index is 14.9. The Bertz CT molecular complexity index is 2450. The number of ether oxygens (including phenoxy) is 10. The minimum absolute atomic E-state index is 0.0226. The monoisotopic (exact) mass is 1240 g/mol. The van der Waals surface area contributed by atoms with Crippen molar-refractivity contribution >= 4 is 11.9 Å². The van der Waals surface area contributed by atoms with E-state index in [4.69, 9.17) is 47.4 Å². The first kappa shape index (κ1) is 66.6. The lowest BCUT2D eigenvalue weighted by Gasteiger charge is -2.71. The summed E-state index contributed by atoms with van der Waals surface area (Å²) >= 11 is 0. The molecule has 0 amide bonds. The molecular formula is C58H92O28. The normalized spacial score (nSPS) is 53.6. The minimum atomic E-state index is -2.22. The number of aliphatic hydroxyl groups excluding tert-OH is 15. The molecule has 0 radical (unpaired) electrons. The van der Waals surface area contributed by atoms with Gasteiger partial charge in [0, 0.05) is 0 Å². The maximum absolute atomic E-state index is 14.9. The molecule has 5 heterocycles. The quantitative estimate of drug-likeness (QED) is 0.0477. The number of aliphatic hydroxyl groups is 15. The van der Waals surface area contributed by atoms with Gasteiger partial charge in [0.1, 0.15) is 109 Å². The van der Waals surface area contributed by atoms with Gasteiger partial charge in [-0.1, -0.05) is 60.1 Å². The summed E-state index contributed by atoms with van der Waals surface area (Å²) in [4.78, 5) is 28.0. The van der Waals surface area contributed by atoms with E-state index < -0.39 is 225 Å². The van der Waals surface area contributed by atoms with Gasteiger partial charge in [-0.3, -0.25) is 4.79 Å². The van der Waals surface area contributed by atoms with Crippen molar-refractivity contribution < 1.29 is 139 Å². The SMILES string of the molecule is CC1(C)CC[C@]2(C(=O)O[C@@H]3O[C@H](CO)[C@@H](O)[C@H](O)[C@H]3O)[C@H](O)C[C@]3(C)C(=CC[C@@H]4[C@@]5(C)CC[C@H](O[C@@H]6O[C@H](C(=O)O)[C@@H](O)[C@H](O[C@@H]7OC[C@H](O)[C@H](O)[C@H]7O[C@@H]7OC[C@@H](O)[C@H](O)[C@@H]7O)[C@H]6O[C@@H]6O[C@H](CO)[C@@H](O)[C@H](O)[C@H]6O)C(C)(C)[C@@H]5CC[C@]43C)[C@@H]2C1. The second kappa shape index (κ2) is 24.3. The van der Waals surface area contributed by atoms with Crippen LogP contribution in [0.4, 0.5) is 0 Å². The Morgan fingerprint density at radius 2 is 1.12 bits per heavy atom. The third-order valence-electron chi connectivity index (χ3n) is 22.7. The van der Waals surface area contributed by atoms with Gasteiger partial charge >= 0.3 is 11.9 Å². The predicted octanol–water partition coefficient (Wildman–Crippen LogP) is -3.87. The summed E-state index contributed by atoms with van der Waals surface area (Å²) in [6.45, 7) is 12.2. The molecule has 0 aromatic carbocycles. The average Bonchev–Trinajstić information content (AvgIpc) is 0.680. The molecule has 0 aromatic heterocycles. The third kappa shape index (κ3) is 10.9. The summed E-state index contributed by atoms with van der Waals surface area (Å²) in [6.07, 6.45) is -37.7. The number of carboxylic acid groups (broad SMARTS) is 1. The van der Waals surface area contributed by atoms with Crippen LogP contribution in [0.15, 0.2) is 11.6 Å². The lowest BCUT2D eigenvalue weighted by atomic mass is 9.33. The van der Waals surface area contributed by atoms with Crippen LogP contribution in [0.2, 0.25) is 0 Å². The molecule has 0 aromatic rings. The largest absolute Gasteiger partial charge is 0.479 e. The molecule has 16 N–H and O–H groups in total. The van der Waals surface area contributed by atoms with Crippen LogP contribution in [-0.2, 0) is 57.0 Å². The van der Waals surface area contributed by atoms with E-state index in [0.717, 1.165) is 5.57 Å². The van der Waals surface area contributed by atoms with Gasteiger partial charge in [-0.2, -0.15) is 0 Å². The Hall–Kier alpha value is -2.28. The zero-order valence-corrected chi connectivity index (χ0v) is 49.5. The molecule has 5 aliphatic carbocycles. The lowest BCUT2D eigenvalue weighted by molar-refractivity contribution is -0.399. The van der Waals surface area contributed by atoms with Crippen molar-refractivity contribution in [3.63, 3.8) is 0 Å². The smallest absolute Gasteiger partial charge is 0.335 e. The highest BCUT2D eigenvalue weighted by molar-refractivity contribution is 5.80. The van der Waals surface area contributed by atoms with Gasteiger partial charge in [0.2, 0.25) is 6.29 Å². The topological polar surface area (TPSA) is 450 Å². The number of aliphatic carboxylic acids is 1. The fraction of sp³-hybridized carbons (Fsp3) is 0.931. The molecule has 0 unspecified atom stereocenters. The fourth-order valence-electron chi connectivity index (χ4n) is 17.5. The molecule has 4 saturated carbocycles. The summed E-state index contributed by atoms with van der Waals surface area (Å²) in [5.74, 6) is -3.17. The van der Waals surface area contributed by atoms with Crippen molar-refractivity contribution in [2.45, 2.75) is 260 Å². The van der Waals surface area contributed by atoms with E-state index in [0.29, 0.717) is 44.9 Å². The molecule has 10 rings (SSSR count). The fourth-order valence-corrected chi connectivity index (χ4v) is 17.5. The Morgan fingerprint density at radius 1 is 0.547 bits per heavy atom. The number of esters is 1. The number of allylic oxidation sites excluding steroid dienone is 2. The van der Waals surface area contributed by atoms with Crippen molar-refractivity contribution in [3.05, 3.63) is 11.6 Å². The highest BCUT2D eigenvalue weighted by Gasteiger charge is 2.72. The van der Waals surface area contributed by atoms with Gasteiger partial charge in [0.15, 0.2) is 31.3 Å². The molecule has 10 aliphatic rings. The van der Waals surface area contributed by atoms with Crippen molar-refractivity contribution in [1.82, 2.24) is 0 Å². The van der Waals surface area contributed by atoms with Gasteiger partial charge in [0.25, 0.3) is 0 Å². The van der Waals surface area contributed by atoms with E-state index in [-0.39, 0.29) is 30.1 Å². The summed E-state index contributed by atoms with van der Waals surface area (Å²) in [6, 6.07) is 0. The van der Waals surface area contributed by atoms with E-state index in [1.165, 1.54) is 0 Å². The Labute approximate surface area is 497 Å². The molecule has 5 aliphatic heterocycles. The van der Waals surface area contributed by atoms with Crippen molar-refractivity contribution in [2.75, 3.05) is 26.4 Å². The molecule has 32 atom stereocenters. The average molecular weight is 1240 g/mol. The first-order valence-electron chi connectivity index (χ1n) is 30.2. The highest BCUT2D eigenvalue weighted by Crippen LogP contribution is 2.76. The number of carboxylic acids is 1. The third-order valence-corrected chi connectivity index (χ3v) is 22.7. The van der Waals surface area contributed by atoms with Crippen molar-refractivity contribution in [3.8, 4) is 0 Å². The van der Waals surface area contributed by atoms with Crippen LogP contribution < -0.4 is 0 Å². The maximum Gasteiger partial charge on any atom is 0.335 e. The molecule has 492 valence electrons. The van der Waals surface area contributed by atoms with Crippen LogP contribution in [0.25, 0.3) is 0 Å². The van der Waals surface area contributed by atoms with E-state index in [1.807, 2.05) is 13.8 Å². The number of carbonyl (C=O) groups excluding carboxylic acids is 1.